The summed E-state index contributed by atoms with van der Waals surface area (Å²) >= 11 is 0. The molecule has 0 unspecified atom stereocenters. The maximum absolute atomic E-state index is 13.4. The van der Waals surface area contributed by atoms with Crippen molar-refractivity contribution in [2.75, 3.05) is 35.7 Å². The third-order valence-electron chi connectivity index (χ3n) is 8.01. The van der Waals surface area contributed by atoms with Crippen LogP contribution in [0.15, 0.2) is 35.5 Å². The van der Waals surface area contributed by atoms with Crippen molar-refractivity contribution < 1.29 is 27.1 Å². The van der Waals surface area contributed by atoms with Crippen molar-refractivity contribution in [1.82, 2.24) is 19.7 Å². The maximum atomic E-state index is 13.4. The van der Waals surface area contributed by atoms with Gasteiger partial charge in [0, 0.05) is 25.9 Å². The van der Waals surface area contributed by atoms with Crippen LogP contribution in [0.2, 0.25) is 0 Å². The second-order valence-electron chi connectivity index (χ2n) is 10.6. The number of halogens is 2. The third kappa shape index (κ3) is 4.62. The van der Waals surface area contributed by atoms with Crippen LogP contribution < -0.4 is 10.2 Å². The first-order valence-electron chi connectivity index (χ1n) is 12.7. The molecular weight excluding hydrogens is 518 g/mol. The van der Waals surface area contributed by atoms with Gasteiger partial charge in [-0.2, -0.15) is 5.10 Å². The number of hydrogen-bond donors (Lipinski definition) is 2. The minimum absolute atomic E-state index is 0.0484. The Morgan fingerprint density at radius 3 is 2.53 bits per heavy atom. The number of carbonyl (C=O) groups is 1. The Kier molecular flexibility index (Phi) is 5.91. The van der Waals surface area contributed by atoms with Crippen molar-refractivity contribution in [2.45, 2.75) is 55.4 Å². The van der Waals surface area contributed by atoms with E-state index in [1.54, 1.807) is 0 Å². The van der Waals surface area contributed by atoms with Gasteiger partial charge >= 0.3 is 0 Å². The highest BCUT2D eigenvalue weighted by atomic mass is 32.2. The number of piperidine rings is 1. The Labute approximate surface area is 218 Å². The molecule has 2 N–H and O–H groups in total. The van der Waals surface area contributed by atoms with Gasteiger partial charge in [-0.25, -0.2) is 31.8 Å². The first-order chi connectivity index (χ1) is 18.1. The Hall–Kier alpha value is -3.19. The summed E-state index contributed by atoms with van der Waals surface area (Å²) < 4.78 is 53.6. The molecule has 38 heavy (non-hydrogen) atoms. The normalized spacial score (nSPS) is 20.4. The van der Waals surface area contributed by atoms with Crippen molar-refractivity contribution in [1.29, 1.82) is 0 Å². The molecule has 1 saturated heterocycles. The van der Waals surface area contributed by atoms with Crippen LogP contribution in [0, 0.1) is 5.41 Å². The monoisotopic (exact) mass is 546 g/mol. The molecule has 3 aliphatic rings. The number of aliphatic hydroxyl groups is 1. The molecule has 2 saturated carbocycles. The zero-order valence-electron chi connectivity index (χ0n) is 20.6. The van der Waals surface area contributed by atoms with Gasteiger partial charge in [0.25, 0.3) is 11.8 Å². The number of nitrogens with one attached hydrogen (secondary N) is 1. The van der Waals surface area contributed by atoms with Crippen LogP contribution in [-0.2, 0) is 9.84 Å². The van der Waals surface area contributed by atoms with Crippen LogP contribution in [0.1, 0.15) is 54.9 Å². The lowest BCUT2D eigenvalue weighted by molar-refractivity contribution is -0.106. The topological polar surface area (TPSA) is 130 Å². The Balaban J connectivity index is 1.29. The highest BCUT2D eigenvalue weighted by molar-refractivity contribution is 7.91. The summed E-state index contributed by atoms with van der Waals surface area (Å²) in [7, 11) is -3.71. The number of rotatable bonds is 7. The van der Waals surface area contributed by atoms with E-state index in [4.69, 9.17) is 0 Å². The van der Waals surface area contributed by atoms with Crippen molar-refractivity contribution in [3.63, 3.8) is 0 Å². The van der Waals surface area contributed by atoms with Crippen LogP contribution in [0.25, 0.3) is 11.2 Å². The molecule has 10 nitrogen and oxygen atoms in total. The van der Waals surface area contributed by atoms with Crippen molar-refractivity contribution >= 4 is 38.4 Å². The number of carbonyl (C=O) groups excluding carboxylic acids is 1. The predicted molar refractivity (Wildman–Crippen MR) is 135 cm³/mol. The zero-order chi connectivity index (χ0) is 26.7. The number of aromatic nitrogens is 4. The number of fused-ring (bicyclic) bond motifs is 1. The fraction of sp³-hybridized carbons (Fsp3) is 0.520. The number of aliphatic hydroxyl groups excluding tert-OH is 1. The summed E-state index contributed by atoms with van der Waals surface area (Å²) in [5, 5.41) is 16.1. The quantitative estimate of drug-likeness (QED) is 0.462. The lowest BCUT2D eigenvalue weighted by Gasteiger charge is -2.35. The molecule has 3 fully saturated rings. The van der Waals surface area contributed by atoms with Crippen molar-refractivity contribution in [3.8, 4) is 0 Å². The van der Waals surface area contributed by atoms with Crippen LogP contribution in [0.5, 0.6) is 0 Å². The molecule has 1 spiro atoms. The minimum Gasteiger partial charge on any atom is -0.395 e. The molecule has 0 bridgehead atoms. The molecular formula is C25H28F2N6O4S. The van der Waals surface area contributed by atoms with Gasteiger partial charge in [0.2, 0.25) is 0 Å². The second kappa shape index (κ2) is 8.94. The van der Waals surface area contributed by atoms with Gasteiger partial charge in [0.05, 0.1) is 46.9 Å². The van der Waals surface area contributed by atoms with Crippen LogP contribution >= 0.6 is 0 Å². The molecule has 202 valence electrons. The molecule has 3 heterocycles. The first kappa shape index (κ1) is 25.1. The Bertz CT molecular complexity index is 1500. The second-order valence-corrected chi connectivity index (χ2v) is 12.7. The zero-order valence-corrected chi connectivity index (χ0v) is 21.4. The fourth-order valence-corrected chi connectivity index (χ4v) is 6.47. The number of sulfone groups is 1. The molecule has 13 heteroatoms. The average Bonchev–Trinajstić information content (AvgIpc) is 3.49. The Morgan fingerprint density at radius 1 is 1.13 bits per heavy atom. The molecule has 2 aromatic heterocycles. The first-order valence-corrected chi connectivity index (χ1v) is 14.4. The Morgan fingerprint density at radius 2 is 1.87 bits per heavy atom. The molecule has 3 aromatic rings. The molecule has 1 amide bonds. The van der Waals surface area contributed by atoms with Crippen LogP contribution in [0.3, 0.4) is 0 Å². The third-order valence-corrected chi connectivity index (χ3v) is 9.71. The lowest BCUT2D eigenvalue weighted by atomic mass is 9.88. The molecule has 0 radical (unpaired) electrons. The van der Waals surface area contributed by atoms with E-state index in [0.717, 1.165) is 12.8 Å². The minimum atomic E-state index is -3.71. The van der Waals surface area contributed by atoms with E-state index in [-0.39, 0.29) is 29.1 Å². The summed E-state index contributed by atoms with van der Waals surface area (Å²) in [6, 6.07) is 3.86. The number of anilines is 2. The lowest BCUT2D eigenvalue weighted by Crippen LogP contribution is -2.37. The van der Waals surface area contributed by atoms with E-state index in [9.17, 15) is 27.1 Å². The number of alkyl halides is 2. The highest BCUT2D eigenvalue weighted by Crippen LogP contribution is 2.54. The largest absolute Gasteiger partial charge is 0.395 e. The molecule has 2 aliphatic carbocycles. The SMILES string of the molecule is O=C(Nc1cnc2cnn(C3CC(F)(F)C3)c2n1)c1ccc(S(=O)(=O)CCO)cc1N1CCC2(CC1)CC2. The summed E-state index contributed by atoms with van der Waals surface area (Å²) in [5.41, 5.74) is 1.92. The maximum Gasteiger partial charge on any atom is 0.258 e. The fourth-order valence-electron chi connectivity index (χ4n) is 5.43. The predicted octanol–water partition coefficient (Wildman–Crippen LogP) is 3.20. The number of amides is 1. The number of nitrogens with zero attached hydrogens (tertiary/aromatic N) is 5. The van der Waals surface area contributed by atoms with E-state index >= 15 is 0 Å². The van der Waals surface area contributed by atoms with E-state index in [1.165, 1.54) is 48.1 Å². The number of benzene rings is 1. The number of hydrogen-bond acceptors (Lipinski definition) is 8. The van der Waals surface area contributed by atoms with Gasteiger partial charge < -0.3 is 15.3 Å². The summed E-state index contributed by atoms with van der Waals surface area (Å²) in [6.07, 6.45) is 6.55. The van der Waals surface area contributed by atoms with E-state index in [2.05, 4.69) is 20.4 Å². The molecule has 6 rings (SSSR count). The summed E-state index contributed by atoms with van der Waals surface area (Å²) in [4.78, 5) is 24.2. The molecule has 1 aliphatic heterocycles. The van der Waals surface area contributed by atoms with E-state index < -0.39 is 40.1 Å². The van der Waals surface area contributed by atoms with Gasteiger partial charge in [-0.05, 0) is 49.3 Å². The molecule has 1 aromatic carbocycles. The van der Waals surface area contributed by atoms with Gasteiger partial charge in [-0.1, -0.05) is 0 Å². The van der Waals surface area contributed by atoms with E-state index in [0.29, 0.717) is 35.4 Å². The van der Waals surface area contributed by atoms with Gasteiger partial charge in [-0.3, -0.25) is 4.79 Å². The van der Waals surface area contributed by atoms with Crippen LogP contribution in [0.4, 0.5) is 20.3 Å². The standard InChI is InChI=1S/C25H28F2N6O4S/c26-25(27)12-16(13-25)33-22-19(14-29-33)28-15-21(30-22)31-23(35)18-2-1-17(38(36,37)10-9-34)11-20(18)32-7-5-24(3-4-24)6-8-32/h1-2,11,14-16,34H,3-10,12-13H2,(H,30,31,35). The van der Waals surface area contributed by atoms with Crippen molar-refractivity contribution in [3.05, 3.63) is 36.2 Å². The van der Waals surface area contributed by atoms with Crippen LogP contribution in [-0.4, -0.2) is 70.6 Å². The van der Waals surface area contributed by atoms with Gasteiger partial charge in [0.1, 0.15) is 5.52 Å². The highest BCUT2D eigenvalue weighted by Gasteiger charge is 2.47. The van der Waals surface area contributed by atoms with Crippen molar-refractivity contribution in [2.24, 2.45) is 5.41 Å². The molecule has 0 atom stereocenters. The van der Waals surface area contributed by atoms with Gasteiger partial charge in [-0.15, -0.1) is 0 Å². The average molecular weight is 547 g/mol. The van der Waals surface area contributed by atoms with Gasteiger partial charge in [0.15, 0.2) is 21.3 Å². The smallest absolute Gasteiger partial charge is 0.258 e. The van der Waals surface area contributed by atoms with E-state index in [1.807, 2.05) is 4.90 Å². The summed E-state index contributed by atoms with van der Waals surface area (Å²) in [5.74, 6) is -3.48. The summed E-state index contributed by atoms with van der Waals surface area (Å²) in [6.45, 7) is 0.921.